The van der Waals surface area contributed by atoms with Gasteiger partial charge in [-0.25, -0.2) is 0 Å². The summed E-state index contributed by atoms with van der Waals surface area (Å²) in [5.41, 5.74) is 6.00. The molecule has 1 N–H and O–H groups in total. The van der Waals surface area contributed by atoms with Crippen LogP contribution >= 0.6 is 0 Å². The maximum absolute atomic E-state index is 3.81. The van der Waals surface area contributed by atoms with Crippen molar-refractivity contribution in [2.75, 3.05) is 5.32 Å². The van der Waals surface area contributed by atoms with Gasteiger partial charge in [-0.1, -0.05) is 91.0 Å². The molecule has 0 amide bonds. The van der Waals surface area contributed by atoms with Crippen LogP contribution in [0.5, 0.6) is 0 Å². The lowest BCUT2D eigenvalue weighted by Crippen LogP contribution is -2.33. The Balaban J connectivity index is 1.82. The predicted molar refractivity (Wildman–Crippen MR) is 115 cm³/mol. The molecule has 0 fully saturated rings. The minimum atomic E-state index is -0.262. The van der Waals surface area contributed by atoms with Crippen LogP contribution in [0.3, 0.4) is 0 Å². The first kappa shape index (κ1) is 15.9. The summed E-state index contributed by atoms with van der Waals surface area (Å²) >= 11 is 0. The average molecular weight is 347 g/mol. The van der Waals surface area contributed by atoms with E-state index in [1.165, 1.54) is 38.7 Å². The highest BCUT2D eigenvalue weighted by Crippen LogP contribution is 2.44. The van der Waals surface area contributed by atoms with Crippen molar-refractivity contribution in [3.05, 3.63) is 120 Å². The van der Waals surface area contributed by atoms with E-state index in [0.29, 0.717) is 0 Å². The fraction of sp³-hybridized carbons (Fsp3) is 0.0769. The van der Waals surface area contributed by atoms with Gasteiger partial charge in [0.25, 0.3) is 0 Å². The zero-order chi connectivity index (χ0) is 18.3. The third-order valence-corrected chi connectivity index (χ3v) is 5.48. The van der Waals surface area contributed by atoms with Crippen molar-refractivity contribution in [2.45, 2.75) is 12.5 Å². The first-order chi connectivity index (χ1) is 13.2. The van der Waals surface area contributed by atoms with Gasteiger partial charge in [-0.05, 0) is 46.5 Å². The van der Waals surface area contributed by atoms with Crippen molar-refractivity contribution >= 4 is 22.0 Å². The van der Waals surface area contributed by atoms with Gasteiger partial charge in [0.1, 0.15) is 0 Å². The quantitative estimate of drug-likeness (QED) is 0.430. The van der Waals surface area contributed by atoms with Gasteiger partial charge in [-0.3, -0.25) is 0 Å². The Morgan fingerprint density at radius 1 is 0.667 bits per heavy atom. The fourth-order valence-electron chi connectivity index (χ4n) is 4.13. The van der Waals surface area contributed by atoms with Gasteiger partial charge in [0, 0.05) is 11.3 Å². The van der Waals surface area contributed by atoms with E-state index in [9.17, 15) is 0 Å². The summed E-state index contributed by atoms with van der Waals surface area (Å²) in [6.07, 6.45) is 2.38. The Labute approximate surface area is 160 Å². The van der Waals surface area contributed by atoms with E-state index in [0.717, 1.165) is 0 Å². The van der Waals surface area contributed by atoms with E-state index in [1.807, 2.05) is 0 Å². The Morgan fingerprint density at radius 3 is 2.11 bits per heavy atom. The van der Waals surface area contributed by atoms with Gasteiger partial charge >= 0.3 is 0 Å². The van der Waals surface area contributed by atoms with Crippen molar-refractivity contribution < 1.29 is 0 Å². The monoisotopic (exact) mass is 347 g/mol. The molecule has 1 heteroatoms. The molecule has 130 valence electrons. The number of hydrogen-bond donors (Lipinski definition) is 1. The number of hydrogen-bond acceptors (Lipinski definition) is 1. The summed E-state index contributed by atoms with van der Waals surface area (Å²) in [5, 5.41) is 6.36. The molecule has 0 saturated carbocycles. The van der Waals surface area contributed by atoms with Crippen molar-refractivity contribution in [3.63, 3.8) is 0 Å². The molecule has 1 heterocycles. The zero-order valence-electron chi connectivity index (χ0n) is 15.3. The molecule has 0 spiro atoms. The maximum atomic E-state index is 3.81. The molecule has 27 heavy (non-hydrogen) atoms. The predicted octanol–water partition coefficient (Wildman–Crippen LogP) is 6.61. The van der Waals surface area contributed by atoms with Crippen LogP contribution in [0, 0.1) is 0 Å². The number of rotatable bonds is 2. The molecule has 0 aromatic heterocycles. The molecular formula is C26H21N. The van der Waals surface area contributed by atoms with Gasteiger partial charge in [-0.2, -0.15) is 0 Å². The molecule has 1 aliphatic rings. The van der Waals surface area contributed by atoms with E-state index < -0.39 is 0 Å². The van der Waals surface area contributed by atoms with Crippen LogP contribution in [0.1, 0.15) is 23.6 Å². The van der Waals surface area contributed by atoms with Crippen molar-refractivity contribution in [2.24, 2.45) is 0 Å². The summed E-state index contributed by atoms with van der Waals surface area (Å²) in [6, 6.07) is 34.4. The fourth-order valence-corrected chi connectivity index (χ4v) is 4.13. The topological polar surface area (TPSA) is 12.0 Å². The summed E-state index contributed by atoms with van der Waals surface area (Å²) in [5.74, 6) is 0. The van der Waals surface area contributed by atoms with Gasteiger partial charge in [0.05, 0.1) is 5.54 Å². The van der Waals surface area contributed by atoms with Crippen molar-refractivity contribution in [1.82, 2.24) is 0 Å². The molecule has 1 nitrogen and oxygen atoms in total. The molecule has 1 unspecified atom stereocenters. The molecule has 4 aromatic rings. The molecule has 1 aliphatic heterocycles. The lowest BCUT2D eigenvalue weighted by Gasteiger charge is -2.36. The third-order valence-electron chi connectivity index (χ3n) is 5.48. The lowest BCUT2D eigenvalue weighted by molar-refractivity contribution is 0.686. The summed E-state index contributed by atoms with van der Waals surface area (Å²) in [4.78, 5) is 0. The number of anilines is 1. The van der Waals surface area contributed by atoms with Crippen LogP contribution < -0.4 is 5.32 Å². The largest absolute Gasteiger partial charge is 0.372 e. The van der Waals surface area contributed by atoms with E-state index in [-0.39, 0.29) is 5.54 Å². The molecule has 0 aliphatic carbocycles. The highest BCUT2D eigenvalue weighted by molar-refractivity contribution is 6.04. The van der Waals surface area contributed by atoms with Crippen LogP contribution in [-0.4, -0.2) is 0 Å². The molecule has 5 rings (SSSR count). The summed E-state index contributed by atoms with van der Waals surface area (Å²) < 4.78 is 0. The highest BCUT2D eigenvalue weighted by atomic mass is 15.0. The average Bonchev–Trinajstić information content (AvgIpc) is 2.74. The lowest BCUT2D eigenvalue weighted by atomic mass is 9.80. The van der Waals surface area contributed by atoms with Crippen LogP contribution in [0.15, 0.2) is 103 Å². The van der Waals surface area contributed by atoms with Crippen LogP contribution in [0.25, 0.3) is 16.3 Å². The third kappa shape index (κ3) is 2.63. The van der Waals surface area contributed by atoms with Gasteiger partial charge in [-0.15, -0.1) is 0 Å². The van der Waals surface area contributed by atoms with Gasteiger partial charge < -0.3 is 5.32 Å². The van der Waals surface area contributed by atoms with E-state index >= 15 is 0 Å². The van der Waals surface area contributed by atoms with Crippen molar-refractivity contribution in [3.8, 4) is 0 Å². The first-order valence-corrected chi connectivity index (χ1v) is 9.39. The Hall–Kier alpha value is -3.32. The highest BCUT2D eigenvalue weighted by Gasteiger charge is 2.31. The zero-order valence-corrected chi connectivity index (χ0v) is 15.3. The number of fused-ring (bicyclic) bond motifs is 3. The van der Waals surface area contributed by atoms with E-state index in [1.54, 1.807) is 0 Å². The van der Waals surface area contributed by atoms with Gasteiger partial charge in [0.15, 0.2) is 0 Å². The second-order valence-corrected chi connectivity index (χ2v) is 7.33. The minimum absolute atomic E-state index is 0.262. The van der Waals surface area contributed by atoms with E-state index in [4.69, 9.17) is 0 Å². The second-order valence-electron chi connectivity index (χ2n) is 7.33. The maximum Gasteiger partial charge on any atom is 0.0790 e. The summed E-state index contributed by atoms with van der Waals surface area (Å²) in [7, 11) is 0. The molecule has 0 radical (unpaired) electrons. The smallest absolute Gasteiger partial charge is 0.0790 e. The standard InChI is InChI=1S/C26H21N/c1-26(21-13-6-3-7-14-21)18-23(19-10-4-2-5-11-19)25-22-15-9-8-12-20(22)16-17-24(25)27-26/h2-18,27H,1H3. The molecule has 1 atom stereocenters. The van der Waals surface area contributed by atoms with Crippen LogP contribution in [0.2, 0.25) is 0 Å². The SMILES string of the molecule is CC1(c2ccccc2)C=C(c2ccccc2)c2c(ccc3ccccc23)N1. The summed E-state index contributed by atoms with van der Waals surface area (Å²) in [6.45, 7) is 2.25. The molecule has 0 bridgehead atoms. The first-order valence-electron chi connectivity index (χ1n) is 9.39. The molecule has 0 saturated heterocycles. The van der Waals surface area contributed by atoms with E-state index in [2.05, 4.69) is 115 Å². The Kier molecular flexibility index (Phi) is 3.61. The normalized spacial score (nSPS) is 18.5. The van der Waals surface area contributed by atoms with Crippen molar-refractivity contribution in [1.29, 1.82) is 0 Å². The number of benzene rings is 4. The van der Waals surface area contributed by atoms with Crippen LogP contribution in [0.4, 0.5) is 5.69 Å². The number of nitrogens with one attached hydrogen (secondary N) is 1. The molecule has 4 aromatic carbocycles. The second kappa shape index (κ2) is 6.14. The minimum Gasteiger partial charge on any atom is -0.372 e. The van der Waals surface area contributed by atoms with Crippen LogP contribution in [-0.2, 0) is 5.54 Å². The Bertz CT molecular complexity index is 1140. The molecular weight excluding hydrogens is 326 g/mol. The Morgan fingerprint density at radius 2 is 1.33 bits per heavy atom. The van der Waals surface area contributed by atoms with Gasteiger partial charge in [0.2, 0.25) is 0 Å².